The summed E-state index contributed by atoms with van der Waals surface area (Å²) in [4.78, 5) is 0. The third-order valence-corrected chi connectivity index (χ3v) is 3.22. The van der Waals surface area contributed by atoms with Crippen LogP contribution in [0.4, 0.5) is 0 Å². The van der Waals surface area contributed by atoms with Crippen molar-refractivity contribution < 1.29 is 0 Å². The Hall–Kier alpha value is -0.340. The molecule has 1 nitrogen and oxygen atoms in total. The average molecular weight is 240 g/mol. The van der Waals surface area contributed by atoms with E-state index in [9.17, 15) is 0 Å². The molecule has 2 atom stereocenters. The van der Waals surface area contributed by atoms with E-state index in [1.165, 1.54) is 16.5 Å². The fourth-order valence-electron chi connectivity index (χ4n) is 1.85. The predicted octanol–water partition coefficient (Wildman–Crippen LogP) is 2.77. The lowest BCUT2D eigenvalue weighted by molar-refractivity contribution is 0.698. The summed E-state index contributed by atoms with van der Waals surface area (Å²) in [7, 11) is 2.02. The van der Waals surface area contributed by atoms with Gasteiger partial charge in [-0.05, 0) is 49.5 Å². The zero-order valence-electron chi connectivity index (χ0n) is 7.76. The van der Waals surface area contributed by atoms with Gasteiger partial charge in [0.15, 0.2) is 0 Å². The normalized spacial score (nSPS) is 26.0. The summed E-state index contributed by atoms with van der Waals surface area (Å²) >= 11 is 3.45. The number of halogens is 1. The van der Waals surface area contributed by atoms with Crippen LogP contribution in [0.15, 0.2) is 28.7 Å². The first-order valence-electron chi connectivity index (χ1n) is 4.71. The second-order valence-electron chi connectivity index (χ2n) is 3.71. The molecule has 1 saturated carbocycles. The number of hydrogen-bond donors (Lipinski definition) is 1. The van der Waals surface area contributed by atoms with E-state index in [2.05, 4.69) is 45.5 Å². The van der Waals surface area contributed by atoms with Gasteiger partial charge in [0.2, 0.25) is 0 Å². The zero-order valence-corrected chi connectivity index (χ0v) is 9.34. The maximum atomic E-state index is 3.45. The molecule has 1 fully saturated rings. The fourth-order valence-corrected chi connectivity index (χ4v) is 2.12. The average Bonchev–Trinajstić information content (AvgIpc) is 2.86. The molecule has 2 heteroatoms. The van der Waals surface area contributed by atoms with Crippen LogP contribution in [0.5, 0.6) is 0 Å². The van der Waals surface area contributed by atoms with Crippen LogP contribution in [0.1, 0.15) is 17.9 Å². The monoisotopic (exact) mass is 239 g/mol. The molecule has 0 aromatic heterocycles. The molecule has 1 aliphatic carbocycles. The quantitative estimate of drug-likeness (QED) is 0.856. The van der Waals surface area contributed by atoms with Gasteiger partial charge >= 0.3 is 0 Å². The highest BCUT2D eigenvalue weighted by Gasteiger charge is 2.37. The zero-order chi connectivity index (χ0) is 9.26. The highest BCUT2D eigenvalue weighted by molar-refractivity contribution is 9.10. The smallest absolute Gasteiger partial charge is 0.0175 e. The van der Waals surface area contributed by atoms with Crippen LogP contribution >= 0.6 is 15.9 Å². The molecule has 1 aromatic rings. The standard InChI is InChI=1S/C11H14BrN/c1-13-7-9-6-11(9)8-2-4-10(12)5-3-8/h2-5,9,11,13H,6-7H2,1H3/t9-,11+/m1/s1. The van der Waals surface area contributed by atoms with Gasteiger partial charge in [0, 0.05) is 4.47 Å². The minimum atomic E-state index is 0.806. The summed E-state index contributed by atoms with van der Waals surface area (Å²) in [5.41, 5.74) is 1.49. The van der Waals surface area contributed by atoms with Crippen LogP contribution in [0, 0.1) is 5.92 Å². The molecule has 0 bridgehead atoms. The Labute approximate surface area is 87.7 Å². The highest BCUT2D eigenvalue weighted by atomic mass is 79.9. The summed E-state index contributed by atoms with van der Waals surface area (Å²) in [6, 6.07) is 8.71. The van der Waals surface area contributed by atoms with E-state index >= 15 is 0 Å². The van der Waals surface area contributed by atoms with E-state index in [1.807, 2.05) is 7.05 Å². The molecule has 1 aromatic carbocycles. The topological polar surface area (TPSA) is 12.0 Å². The molecule has 0 aliphatic heterocycles. The molecular weight excluding hydrogens is 226 g/mol. The Morgan fingerprint density at radius 1 is 1.38 bits per heavy atom. The van der Waals surface area contributed by atoms with Crippen molar-refractivity contribution in [3.05, 3.63) is 34.3 Å². The van der Waals surface area contributed by atoms with Crippen molar-refractivity contribution in [2.24, 2.45) is 5.92 Å². The van der Waals surface area contributed by atoms with Crippen molar-refractivity contribution in [1.82, 2.24) is 5.32 Å². The van der Waals surface area contributed by atoms with Crippen molar-refractivity contribution in [1.29, 1.82) is 0 Å². The van der Waals surface area contributed by atoms with E-state index in [0.29, 0.717) is 0 Å². The van der Waals surface area contributed by atoms with E-state index in [0.717, 1.165) is 18.4 Å². The Morgan fingerprint density at radius 3 is 2.69 bits per heavy atom. The molecule has 0 spiro atoms. The van der Waals surface area contributed by atoms with Crippen LogP contribution in [-0.2, 0) is 0 Å². The van der Waals surface area contributed by atoms with Crippen LogP contribution in [0.3, 0.4) is 0 Å². The Bertz CT molecular complexity index is 281. The molecule has 0 radical (unpaired) electrons. The largest absolute Gasteiger partial charge is 0.319 e. The Balaban J connectivity index is 2.00. The van der Waals surface area contributed by atoms with E-state index < -0.39 is 0 Å². The first-order valence-corrected chi connectivity index (χ1v) is 5.50. The third-order valence-electron chi connectivity index (χ3n) is 2.69. The maximum Gasteiger partial charge on any atom is 0.0175 e. The van der Waals surface area contributed by atoms with Crippen molar-refractivity contribution in [3.8, 4) is 0 Å². The molecule has 70 valence electrons. The van der Waals surface area contributed by atoms with Gasteiger partial charge in [-0.2, -0.15) is 0 Å². The minimum absolute atomic E-state index is 0.806. The molecule has 13 heavy (non-hydrogen) atoms. The van der Waals surface area contributed by atoms with Gasteiger partial charge in [-0.25, -0.2) is 0 Å². The van der Waals surface area contributed by atoms with Gasteiger partial charge in [0.05, 0.1) is 0 Å². The van der Waals surface area contributed by atoms with Crippen LogP contribution in [0.2, 0.25) is 0 Å². The molecule has 1 aliphatic rings. The van der Waals surface area contributed by atoms with Crippen LogP contribution in [0.25, 0.3) is 0 Å². The summed E-state index contributed by atoms with van der Waals surface area (Å²) in [6.07, 6.45) is 1.35. The van der Waals surface area contributed by atoms with Gasteiger partial charge in [-0.3, -0.25) is 0 Å². The number of nitrogens with one attached hydrogen (secondary N) is 1. The second kappa shape index (κ2) is 3.81. The van der Waals surface area contributed by atoms with E-state index in [-0.39, 0.29) is 0 Å². The van der Waals surface area contributed by atoms with Crippen molar-refractivity contribution in [2.75, 3.05) is 13.6 Å². The molecule has 0 unspecified atom stereocenters. The number of hydrogen-bond acceptors (Lipinski definition) is 1. The maximum absolute atomic E-state index is 3.45. The minimum Gasteiger partial charge on any atom is -0.319 e. The highest BCUT2D eigenvalue weighted by Crippen LogP contribution is 2.46. The molecule has 0 heterocycles. The van der Waals surface area contributed by atoms with Gasteiger partial charge in [-0.15, -0.1) is 0 Å². The van der Waals surface area contributed by atoms with Crippen molar-refractivity contribution in [2.45, 2.75) is 12.3 Å². The predicted molar refractivity (Wildman–Crippen MR) is 58.9 cm³/mol. The molecular formula is C11H14BrN. The van der Waals surface area contributed by atoms with Gasteiger partial charge in [0.1, 0.15) is 0 Å². The molecule has 0 saturated heterocycles. The third kappa shape index (κ3) is 2.12. The van der Waals surface area contributed by atoms with E-state index in [4.69, 9.17) is 0 Å². The first kappa shape index (κ1) is 9.22. The van der Waals surface area contributed by atoms with Crippen LogP contribution in [-0.4, -0.2) is 13.6 Å². The first-order chi connectivity index (χ1) is 6.31. The molecule has 2 rings (SSSR count). The summed E-state index contributed by atoms with van der Waals surface area (Å²) in [6.45, 7) is 1.15. The fraction of sp³-hybridized carbons (Fsp3) is 0.455. The Kier molecular flexibility index (Phi) is 2.70. The lowest BCUT2D eigenvalue weighted by Crippen LogP contribution is -2.10. The summed E-state index contributed by atoms with van der Waals surface area (Å²) < 4.78 is 1.17. The Morgan fingerprint density at radius 2 is 2.08 bits per heavy atom. The number of benzene rings is 1. The lowest BCUT2D eigenvalue weighted by Gasteiger charge is -2.00. The second-order valence-corrected chi connectivity index (χ2v) is 4.63. The summed E-state index contributed by atoms with van der Waals surface area (Å²) in [5.74, 6) is 1.67. The number of rotatable bonds is 3. The van der Waals surface area contributed by atoms with Gasteiger partial charge in [-0.1, -0.05) is 28.1 Å². The SMILES string of the molecule is CNC[C@H]1C[C@H]1c1ccc(Br)cc1. The van der Waals surface area contributed by atoms with Crippen molar-refractivity contribution >= 4 is 15.9 Å². The van der Waals surface area contributed by atoms with Crippen molar-refractivity contribution in [3.63, 3.8) is 0 Å². The molecule has 0 amide bonds. The lowest BCUT2D eigenvalue weighted by atomic mass is 10.1. The van der Waals surface area contributed by atoms with Gasteiger partial charge in [0.25, 0.3) is 0 Å². The summed E-state index contributed by atoms with van der Waals surface area (Å²) in [5, 5.41) is 3.23. The molecule has 1 N–H and O–H groups in total. The van der Waals surface area contributed by atoms with Gasteiger partial charge < -0.3 is 5.32 Å². The van der Waals surface area contributed by atoms with Crippen LogP contribution < -0.4 is 5.32 Å². The van der Waals surface area contributed by atoms with E-state index in [1.54, 1.807) is 0 Å².